The molecule has 0 bridgehead atoms. The van der Waals surface area contributed by atoms with Gasteiger partial charge in [0.1, 0.15) is 12.4 Å². The van der Waals surface area contributed by atoms with Crippen LogP contribution in [0.5, 0.6) is 0 Å². The van der Waals surface area contributed by atoms with Crippen LogP contribution in [0.15, 0.2) is 18.7 Å². The smallest absolute Gasteiger partial charge is 0.241 e. The molecule has 0 aliphatic heterocycles. The third-order valence-electron chi connectivity index (χ3n) is 1.43. The normalized spacial score (nSPS) is 9.18. The van der Waals surface area contributed by atoms with Gasteiger partial charge in [0.15, 0.2) is 0 Å². The molecule has 0 radical (unpaired) electrons. The minimum atomic E-state index is 0. The van der Waals surface area contributed by atoms with Gasteiger partial charge in [0.05, 0.1) is 6.54 Å². The number of nitrogens with zero attached hydrogens (tertiary/aromatic N) is 1. The van der Waals surface area contributed by atoms with Crippen LogP contribution in [0.3, 0.4) is 0 Å². The Morgan fingerprint density at radius 3 is 2.73 bits per heavy atom. The summed E-state index contributed by atoms with van der Waals surface area (Å²) in [6.07, 6.45) is 7.71. The molecule has 64 valence electrons. The Hall–Kier alpha value is -0.350. The number of unbranched alkanes of at least 4 members (excludes halogenated alkanes) is 1. The predicted octanol–water partition coefficient (Wildman–Crippen LogP) is -2.92. The zero-order chi connectivity index (χ0) is 7.23. The Balaban J connectivity index is 0.000001000. The molecule has 1 heterocycles. The molecule has 0 saturated heterocycles. The lowest BCUT2D eigenvalue weighted by atomic mass is 10.3. The van der Waals surface area contributed by atoms with E-state index < -0.39 is 0 Å². The number of hydrogen-bond acceptors (Lipinski definition) is 1. The van der Waals surface area contributed by atoms with Crippen molar-refractivity contribution in [3.63, 3.8) is 0 Å². The number of aryl methyl sites for hydroxylation is 1. The van der Waals surface area contributed by atoms with Crippen molar-refractivity contribution in [2.45, 2.75) is 19.4 Å². The quantitative estimate of drug-likeness (QED) is 0.415. The van der Waals surface area contributed by atoms with Crippen molar-refractivity contribution in [1.82, 2.24) is 4.98 Å². The topological polar surface area (TPSA) is 39.9 Å². The van der Waals surface area contributed by atoms with Gasteiger partial charge in [0, 0.05) is 6.61 Å². The highest BCUT2D eigenvalue weighted by Crippen LogP contribution is 1.85. The maximum atomic E-state index is 8.48. The summed E-state index contributed by atoms with van der Waals surface area (Å²) in [7, 11) is 0. The molecule has 0 saturated carbocycles. The van der Waals surface area contributed by atoms with Gasteiger partial charge < -0.3 is 22.1 Å². The average Bonchev–Trinajstić information content (AvgIpc) is 2.41. The van der Waals surface area contributed by atoms with E-state index in [9.17, 15) is 0 Å². The fourth-order valence-corrected chi connectivity index (χ4v) is 0.866. The molecular formula is C7H13BrN2O. The standard InChI is InChI=1S/C7H12N2O.BrH/c10-6-2-1-4-9-5-3-8-7-9;/h3,5,7,10H,1-2,4,6H2;1H. The van der Waals surface area contributed by atoms with Crippen LogP contribution in [0.4, 0.5) is 0 Å². The van der Waals surface area contributed by atoms with Crippen LogP contribution in [0, 0.1) is 0 Å². The molecule has 1 aromatic rings. The van der Waals surface area contributed by atoms with Gasteiger partial charge in [-0.15, -0.1) is 0 Å². The molecule has 0 unspecified atom stereocenters. The SMILES string of the molecule is OCCCC[n+]1cc[nH]c1.[Br-]. The Morgan fingerprint density at radius 1 is 1.36 bits per heavy atom. The van der Waals surface area contributed by atoms with E-state index in [0.717, 1.165) is 19.4 Å². The molecule has 0 atom stereocenters. The van der Waals surface area contributed by atoms with Crippen molar-refractivity contribution >= 4 is 0 Å². The lowest BCUT2D eigenvalue weighted by Gasteiger charge is -1.92. The van der Waals surface area contributed by atoms with Gasteiger partial charge in [-0.1, -0.05) is 0 Å². The summed E-state index contributed by atoms with van der Waals surface area (Å²) < 4.78 is 2.07. The van der Waals surface area contributed by atoms with Crippen molar-refractivity contribution in [2.75, 3.05) is 6.61 Å². The van der Waals surface area contributed by atoms with Gasteiger partial charge in [0.2, 0.25) is 6.33 Å². The summed E-state index contributed by atoms with van der Waals surface area (Å²) in [5, 5.41) is 8.48. The number of aromatic amines is 1. The van der Waals surface area contributed by atoms with E-state index in [1.54, 1.807) is 0 Å². The van der Waals surface area contributed by atoms with Crippen LogP contribution in [-0.4, -0.2) is 16.7 Å². The number of imidazole rings is 1. The molecule has 3 nitrogen and oxygen atoms in total. The van der Waals surface area contributed by atoms with Gasteiger partial charge in [-0.05, 0) is 12.8 Å². The molecule has 0 fully saturated rings. The molecule has 1 rings (SSSR count). The molecule has 11 heavy (non-hydrogen) atoms. The summed E-state index contributed by atoms with van der Waals surface area (Å²) in [4.78, 5) is 2.96. The number of aromatic nitrogens is 2. The zero-order valence-electron chi connectivity index (χ0n) is 6.33. The van der Waals surface area contributed by atoms with Gasteiger partial charge in [-0.3, -0.25) is 4.98 Å². The Morgan fingerprint density at radius 2 is 2.18 bits per heavy atom. The first kappa shape index (κ1) is 10.7. The van der Waals surface area contributed by atoms with Gasteiger partial charge >= 0.3 is 0 Å². The van der Waals surface area contributed by atoms with E-state index in [-0.39, 0.29) is 17.0 Å². The maximum Gasteiger partial charge on any atom is 0.241 e. The van der Waals surface area contributed by atoms with Gasteiger partial charge in [0.25, 0.3) is 0 Å². The summed E-state index contributed by atoms with van der Waals surface area (Å²) >= 11 is 0. The van der Waals surface area contributed by atoms with E-state index in [1.165, 1.54) is 0 Å². The second-order valence-corrected chi connectivity index (χ2v) is 2.28. The van der Waals surface area contributed by atoms with Crippen LogP contribution in [0.2, 0.25) is 0 Å². The molecule has 2 N–H and O–H groups in total. The number of halogens is 1. The first-order valence-corrected chi connectivity index (χ1v) is 3.56. The second-order valence-electron chi connectivity index (χ2n) is 2.28. The van der Waals surface area contributed by atoms with Crippen molar-refractivity contribution in [3.8, 4) is 0 Å². The number of H-pyrrole nitrogens is 1. The van der Waals surface area contributed by atoms with E-state index in [2.05, 4.69) is 9.55 Å². The summed E-state index contributed by atoms with van der Waals surface area (Å²) in [6.45, 7) is 1.29. The van der Waals surface area contributed by atoms with E-state index in [4.69, 9.17) is 5.11 Å². The van der Waals surface area contributed by atoms with Crippen LogP contribution < -0.4 is 21.5 Å². The van der Waals surface area contributed by atoms with Crippen LogP contribution >= 0.6 is 0 Å². The molecule has 0 aliphatic carbocycles. The molecule has 1 aromatic heterocycles. The summed E-state index contributed by atoms with van der Waals surface area (Å²) in [6, 6.07) is 0. The summed E-state index contributed by atoms with van der Waals surface area (Å²) in [5.41, 5.74) is 0. The first-order valence-electron chi connectivity index (χ1n) is 3.56. The van der Waals surface area contributed by atoms with Crippen LogP contribution in [0.1, 0.15) is 12.8 Å². The molecular weight excluding hydrogens is 208 g/mol. The molecule has 0 aliphatic rings. The molecule has 0 aromatic carbocycles. The molecule has 4 heteroatoms. The third-order valence-corrected chi connectivity index (χ3v) is 1.43. The van der Waals surface area contributed by atoms with Crippen LogP contribution in [-0.2, 0) is 6.54 Å². The predicted molar refractivity (Wildman–Crippen MR) is 37.3 cm³/mol. The first-order chi connectivity index (χ1) is 4.93. The highest BCUT2D eigenvalue weighted by Gasteiger charge is 1.94. The number of rotatable bonds is 4. The highest BCUT2D eigenvalue weighted by molar-refractivity contribution is 4.55. The molecule has 0 amide bonds. The van der Waals surface area contributed by atoms with Crippen molar-refractivity contribution in [2.24, 2.45) is 0 Å². The Kier molecular flexibility index (Phi) is 6.16. The molecule has 0 spiro atoms. The van der Waals surface area contributed by atoms with E-state index in [0.29, 0.717) is 6.61 Å². The van der Waals surface area contributed by atoms with Gasteiger partial charge in [-0.25, -0.2) is 4.57 Å². The lowest BCUT2D eigenvalue weighted by Crippen LogP contribution is -3.00. The minimum absolute atomic E-state index is 0. The second kappa shape index (κ2) is 6.37. The average molecular weight is 221 g/mol. The fourth-order valence-electron chi connectivity index (χ4n) is 0.866. The largest absolute Gasteiger partial charge is 1.00 e. The minimum Gasteiger partial charge on any atom is -1.00 e. The monoisotopic (exact) mass is 220 g/mol. The van der Waals surface area contributed by atoms with E-state index in [1.807, 2.05) is 18.7 Å². The fraction of sp³-hybridized carbons (Fsp3) is 0.571. The van der Waals surface area contributed by atoms with Crippen molar-refractivity contribution in [3.05, 3.63) is 18.7 Å². The zero-order valence-corrected chi connectivity index (χ0v) is 7.92. The van der Waals surface area contributed by atoms with Crippen molar-refractivity contribution in [1.29, 1.82) is 0 Å². The lowest BCUT2D eigenvalue weighted by molar-refractivity contribution is -0.696. The Bertz CT molecular complexity index is 165. The number of aliphatic hydroxyl groups is 1. The van der Waals surface area contributed by atoms with E-state index >= 15 is 0 Å². The van der Waals surface area contributed by atoms with Gasteiger partial charge in [-0.2, -0.15) is 0 Å². The third kappa shape index (κ3) is 4.16. The maximum absolute atomic E-state index is 8.48. The number of nitrogens with one attached hydrogen (secondary N) is 1. The Labute approximate surface area is 76.8 Å². The summed E-state index contributed by atoms with van der Waals surface area (Å²) in [5.74, 6) is 0. The van der Waals surface area contributed by atoms with Crippen LogP contribution in [0.25, 0.3) is 0 Å². The number of aliphatic hydroxyl groups excluding tert-OH is 1. The number of hydrogen-bond donors (Lipinski definition) is 2. The highest BCUT2D eigenvalue weighted by atomic mass is 79.9. The van der Waals surface area contributed by atoms with Crippen molar-refractivity contribution < 1.29 is 26.7 Å².